The summed E-state index contributed by atoms with van der Waals surface area (Å²) in [6.45, 7) is 0. The minimum atomic E-state index is -0.547. The van der Waals surface area contributed by atoms with Crippen LogP contribution in [-0.2, 0) is 17.6 Å². The second kappa shape index (κ2) is 10.5. The van der Waals surface area contributed by atoms with E-state index in [9.17, 15) is 19.4 Å². The van der Waals surface area contributed by atoms with Gasteiger partial charge in [-0.15, -0.1) is 0 Å². The van der Waals surface area contributed by atoms with Crippen LogP contribution in [0.25, 0.3) is 0 Å². The fraction of sp³-hybridized carbons (Fsp3) is 0.467. The zero-order valence-corrected chi connectivity index (χ0v) is 17.3. The Morgan fingerprint density at radius 2 is 1.71 bits per heavy atom. The summed E-state index contributed by atoms with van der Waals surface area (Å²) in [5.74, 6) is 0.225. The average Bonchev–Trinajstić information content (AvgIpc) is 3.40. The normalized spacial score (nSPS) is 18.1. The van der Waals surface area contributed by atoms with Gasteiger partial charge >= 0.3 is 29.6 Å². The van der Waals surface area contributed by atoms with Crippen LogP contribution in [0, 0.1) is 9.81 Å². The van der Waals surface area contributed by atoms with Crippen LogP contribution in [0.4, 0.5) is 0 Å². The third-order valence-corrected chi connectivity index (χ3v) is 4.23. The fourth-order valence-corrected chi connectivity index (χ4v) is 2.81. The average molecular weight is 401 g/mol. The van der Waals surface area contributed by atoms with Crippen molar-refractivity contribution in [1.29, 1.82) is 0 Å². The van der Waals surface area contributed by atoms with Gasteiger partial charge in [-0.1, -0.05) is 25.6 Å². The molecule has 143 valence electrons. The Morgan fingerprint density at radius 3 is 2.25 bits per heavy atom. The van der Waals surface area contributed by atoms with Crippen molar-refractivity contribution < 1.29 is 64.1 Å². The molecule has 0 aliphatic heterocycles. The van der Waals surface area contributed by atoms with Gasteiger partial charge < -0.3 is 6.53 Å². The number of fused-ring (bicyclic) bond motifs is 2. The summed E-state index contributed by atoms with van der Waals surface area (Å²) in [6.07, 6.45) is 6.80. The number of nitrogens with zero attached hydrogens (tertiary/aromatic N) is 2. The number of hydrogen-bond acceptors (Lipinski definition) is 7. The van der Waals surface area contributed by atoms with Crippen LogP contribution in [0.5, 0.6) is 0 Å². The van der Waals surface area contributed by atoms with Crippen LogP contribution in [0.3, 0.4) is 0 Å². The van der Waals surface area contributed by atoms with Crippen molar-refractivity contribution >= 4 is 20.0 Å². The van der Waals surface area contributed by atoms with Gasteiger partial charge in [0.2, 0.25) is 17.2 Å². The second-order valence-corrected chi connectivity index (χ2v) is 5.97. The van der Waals surface area contributed by atoms with Crippen molar-refractivity contribution in [2.75, 3.05) is 0 Å². The van der Waals surface area contributed by atoms with Gasteiger partial charge in [-0.2, -0.15) is 0 Å². The summed E-state index contributed by atoms with van der Waals surface area (Å²) in [7, 11) is 0. The molecule has 2 aromatic rings. The maximum absolute atomic E-state index is 10.8. The molecule has 11 nitrogen and oxygen atoms in total. The van der Waals surface area contributed by atoms with E-state index in [1.807, 2.05) is 6.08 Å². The number of aliphatic hydroxyl groups is 1. The first kappa shape index (κ1) is 24.0. The third-order valence-electron chi connectivity index (χ3n) is 4.23. The van der Waals surface area contributed by atoms with Crippen LogP contribution in [0.2, 0.25) is 0 Å². The molecule has 2 heterocycles. The van der Waals surface area contributed by atoms with Crippen molar-refractivity contribution in [2.45, 2.75) is 44.6 Å². The van der Waals surface area contributed by atoms with E-state index >= 15 is 0 Å². The number of ketones is 2. The minimum Gasteiger partial charge on any atom is -1.00 e. The zero-order chi connectivity index (χ0) is 18.7. The number of H-pyrrole nitrogens is 2. The van der Waals surface area contributed by atoms with Crippen molar-refractivity contribution in [3.63, 3.8) is 0 Å². The van der Waals surface area contributed by atoms with Crippen molar-refractivity contribution in [1.82, 2.24) is 10.3 Å². The first-order valence-electron chi connectivity index (χ1n) is 8.14. The third kappa shape index (κ3) is 5.28. The molecule has 0 fully saturated rings. The first-order chi connectivity index (χ1) is 12.5. The molecule has 3 aliphatic carbocycles. The molecule has 0 saturated carbocycles. The Bertz CT molecular complexity index is 980. The van der Waals surface area contributed by atoms with Gasteiger partial charge in [0.15, 0.2) is 15.0 Å². The van der Waals surface area contributed by atoms with Crippen molar-refractivity contribution in [3.05, 3.63) is 44.7 Å². The van der Waals surface area contributed by atoms with Gasteiger partial charge in [0.25, 0.3) is 11.4 Å². The number of carbonyl (C=O) groups is 2. The van der Waals surface area contributed by atoms with Crippen LogP contribution in [-0.4, -0.2) is 35.4 Å². The summed E-state index contributed by atoms with van der Waals surface area (Å²) in [5, 5.41) is 13.8. The van der Waals surface area contributed by atoms with Crippen LogP contribution < -0.4 is 38.8 Å². The van der Waals surface area contributed by atoms with Gasteiger partial charge in [0.1, 0.15) is 6.10 Å². The van der Waals surface area contributed by atoms with Crippen molar-refractivity contribution in [2.24, 2.45) is 0 Å². The Hall–Kier alpha value is -2.02. The van der Waals surface area contributed by atoms with Gasteiger partial charge in [-0.3, -0.25) is 9.59 Å². The van der Waals surface area contributed by atoms with Gasteiger partial charge in [-0.25, -0.2) is 0 Å². The Morgan fingerprint density at radius 1 is 1.04 bits per heavy atom. The first-order valence-corrected chi connectivity index (χ1v) is 8.14. The van der Waals surface area contributed by atoms with Gasteiger partial charge in [0, 0.05) is 34.1 Å². The predicted molar refractivity (Wildman–Crippen MR) is 89.0 cm³/mol. The molecule has 13 heteroatoms. The van der Waals surface area contributed by atoms with E-state index in [0.29, 0.717) is 57.7 Å². The van der Waals surface area contributed by atoms with E-state index in [2.05, 4.69) is 19.6 Å². The SMILES string of the molecule is O=C1C=CCC1.O=C1CCc2c1[nH]o[n+]2=O.O=[n+]1o[nH]c2c1CCC2O.[B].[H-].[Na+]. The van der Waals surface area contributed by atoms with E-state index in [4.69, 9.17) is 5.11 Å². The monoisotopic (exact) mass is 401 g/mol. The number of nitrogens with one attached hydrogen (secondary N) is 2. The Balaban J connectivity index is 0.000000397. The number of carbonyl (C=O) groups excluding carboxylic acids is 2. The molecule has 0 bridgehead atoms. The molecule has 0 amide bonds. The van der Waals surface area contributed by atoms with Gasteiger partial charge in [-0.05, 0) is 28.7 Å². The molecule has 5 rings (SSSR count). The van der Waals surface area contributed by atoms with E-state index in [1.54, 1.807) is 6.08 Å². The van der Waals surface area contributed by atoms with Crippen LogP contribution in [0.1, 0.15) is 60.8 Å². The molecule has 0 aromatic carbocycles. The van der Waals surface area contributed by atoms with Gasteiger partial charge in [0.05, 0.1) is 0 Å². The summed E-state index contributed by atoms with van der Waals surface area (Å²) in [6, 6.07) is 0. The molecule has 1 atom stereocenters. The molecule has 0 spiro atoms. The summed E-state index contributed by atoms with van der Waals surface area (Å²) >= 11 is 0. The number of aromatic nitrogens is 4. The summed E-state index contributed by atoms with van der Waals surface area (Å²) in [4.78, 5) is 42.3. The molecule has 0 saturated heterocycles. The van der Waals surface area contributed by atoms with Crippen LogP contribution >= 0.6 is 0 Å². The molecule has 1 unspecified atom stereocenters. The molecule has 28 heavy (non-hydrogen) atoms. The van der Waals surface area contributed by atoms with E-state index in [1.165, 1.54) is 0 Å². The molecule has 3 aliphatic rings. The van der Waals surface area contributed by atoms with E-state index in [-0.39, 0.29) is 51.0 Å². The molecule has 3 N–H and O–H groups in total. The standard InChI is InChI=1S/C5H7N2O3.C5H5N2O3.C5H6O.B.Na.H/c2*8-4-2-1-3-5(4)6-10-7(3)9;6-5-3-1-2-4-5;;;/h4,6,8H,1-2H2;6H,1-2H2;1,3H,2,4H2;;;/q2*+1;;;+1;-1. The second-order valence-electron chi connectivity index (χ2n) is 5.97. The van der Waals surface area contributed by atoms with E-state index < -0.39 is 6.10 Å². The number of Topliss-reactive ketones (excluding diaryl/α,β-unsaturated/α-hetero) is 1. The molecular weight excluding hydrogens is 382 g/mol. The number of aromatic amines is 2. The predicted octanol–water partition coefficient (Wildman–Crippen LogP) is -3.21. The fourth-order valence-electron chi connectivity index (χ4n) is 2.81. The largest absolute Gasteiger partial charge is 1.00 e. The number of rotatable bonds is 0. The summed E-state index contributed by atoms with van der Waals surface area (Å²) < 4.78 is 9.46. The topological polar surface area (TPSA) is 158 Å². The smallest absolute Gasteiger partial charge is 1.00 e. The van der Waals surface area contributed by atoms with Crippen molar-refractivity contribution in [3.8, 4) is 0 Å². The number of aliphatic hydroxyl groups excluding tert-OH is 1. The maximum Gasteiger partial charge on any atom is 1.00 e. The summed E-state index contributed by atoms with van der Waals surface area (Å²) in [5.41, 5.74) is 1.79. The Labute approximate surface area is 183 Å². The zero-order valence-electron chi connectivity index (χ0n) is 16.3. The quantitative estimate of drug-likeness (QED) is 0.392. The molecule has 3 radical (unpaired) electrons. The van der Waals surface area contributed by atoms with Crippen LogP contribution in [0.15, 0.2) is 21.4 Å². The maximum atomic E-state index is 10.8. The minimum absolute atomic E-state index is 0. The van der Waals surface area contributed by atoms with E-state index in [0.717, 1.165) is 12.8 Å². The number of hydrogen-bond donors (Lipinski definition) is 3. The molecular formula is C15H19BN4NaO7+2. The Kier molecular flexibility index (Phi) is 9.02. The molecule has 2 aromatic heterocycles. The number of allylic oxidation sites excluding steroid dienone is 2.